The number of carbonyl (C=O) groups is 1. The number of carbonyl (C=O) groups excluding carboxylic acids is 1. The average molecular weight is 308 g/mol. The van der Waals surface area contributed by atoms with E-state index < -0.39 is 11.9 Å². The van der Waals surface area contributed by atoms with Crippen molar-refractivity contribution in [3.05, 3.63) is 35.9 Å². The van der Waals surface area contributed by atoms with Gasteiger partial charge in [-0.25, -0.2) is 4.79 Å². The summed E-state index contributed by atoms with van der Waals surface area (Å²) in [5.74, 6) is 0. The highest BCUT2D eigenvalue weighted by molar-refractivity contribution is 5.68. The normalized spacial score (nSPS) is 18.1. The van der Waals surface area contributed by atoms with Crippen molar-refractivity contribution < 1.29 is 19.5 Å². The predicted molar refractivity (Wildman–Crippen MR) is 81.9 cm³/mol. The molecule has 6 nitrogen and oxygen atoms in total. The molecule has 1 aliphatic heterocycles. The second-order valence-electron chi connectivity index (χ2n) is 6.26. The first kappa shape index (κ1) is 16.7. The smallest absolute Gasteiger partial charge is 0.410 e. The van der Waals surface area contributed by atoms with E-state index in [9.17, 15) is 9.90 Å². The number of benzene rings is 1. The Morgan fingerprint density at radius 2 is 1.73 bits per heavy atom. The van der Waals surface area contributed by atoms with Crippen LogP contribution in [0.4, 0.5) is 4.79 Å². The maximum absolute atomic E-state index is 12.0. The number of hydrogen-bond donors (Lipinski definition) is 1. The molecule has 2 rings (SSSR count). The number of hydrogen-bond acceptors (Lipinski definition) is 5. The van der Waals surface area contributed by atoms with Gasteiger partial charge in [-0.15, -0.1) is 0 Å². The second kappa shape index (κ2) is 7.09. The molecule has 0 aromatic heterocycles. The maximum atomic E-state index is 12.0. The Morgan fingerprint density at radius 3 is 2.27 bits per heavy atom. The average Bonchev–Trinajstić information content (AvgIpc) is 2.47. The van der Waals surface area contributed by atoms with Gasteiger partial charge in [-0.1, -0.05) is 30.3 Å². The van der Waals surface area contributed by atoms with Crippen molar-refractivity contribution in [3.63, 3.8) is 0 Å². The molecule has 122 valence electrons. The van der Waals surface area contributed by atoms with E-state index in [-0.39, 0.29) is 6.09 Å². The molecule has 1 aromatic carbocycles. The third-order valence-corrected chi connectivity index (χ3v) is 3.22. The molecule has 1 saturated heterocycles. The molecule has 1 amide bonds. The van der Waals surface area contributed by atoms with Gasteiger partial charge in [-0.05, 0) is 20.8 Å². The van der Waals surface area contributed by atoms with Crippen molar-refractivity contribution in [2.45, 2.75) is 32.7 Å². The van der Waals surface area contributed by atoms with Gasteiger partial charge in [0.15, 0.2) is 0 Å². The van der Waals surface area contributed by atoms with Gasteiger partial charge in [-0.2, -0.15) is 5.06 Å². The van der Waals surface area contributed by atoms with Gasteiger partial charge in [0.05, 0.1) is 0 Å². The van der Waals surface area contributed by atoms with Crippen molar-refractivity contribution in [3.8, 4) is 0 Å². The minimum absolute atomic E-state index is 0.309. The molecule has 1 heterocycles. The zero-order valence-corrected chi connectivity index (χ0v) is 13.4. The fraction of sp³-hybridized carbons (Fsp3) is 0.562. The lowest BCUT2D eigenvalue weighted by Gasteiger charge is -2.35. The van der Waals surface area contributed by atoms with Gasteiger partial charge in [0.2, 0.25) is 6.29 Å². The molecule has 0 spiro atoms. The van der Waals surface area contributed by atoms with Crippen LogP contribution in [0, 0.1) is 0 Å². The predicted octanol–water partition coefficient (Wildman–Crippen LogP) is 2.16. The molecular formula is C16H24N2O4. The number of amides is 1. The highest BCUT2D eigenvalue weighted by Crippen LogP contribution is 2.17. The van der Waals surface area contributed by atoms with Crippen molar-refractivity contribution in [2.75, 3.05) is 26.2 Å². The van der Waals surface area contributed by atoms with Gasteiger partial charge < -0.3 is 14.7 Å². The van der Waals surface area contributed by atoms with Gasteiger partial charge in [0.1, 0.15) is 5.60 Å². The first-order valence-electron chi connectivity index (χ1n) is 7.48. The number of piperazine rings is 1. The molecule has 1 fully saturated rings. The molecule has 6 heteroatoms. The van der Waals surface area contributed by atoms with E-state index in [1.54, 1.807) is 9.96 Å². The molecular weight excluding hydrogens is 284 g/mol. The summed E-state index contributed by atoms with van der Waals surface area (Å²) in [4.78, 5) is 19.1. The number of aliphatic hydroxyl groups is 1. The molecule has 0 saturated carbocycles. The first-order chi connectivity index (χ1) is 10.3. The van der Waals surface area contributed by atoms with E-state index in [0.29, 0.717) is 31.7 Å². The summed E-state index contributed by atoms with van der Waals surface area (Å²) in [6, 6.07) is 9.20. The SMILES string of the molecule is CC(C)(C)OC(=O)N1CCN(OC(O)c2ccccc2)CC1. The fourth-order valence-corrected chi connectivity index (χ4v) is 2.12. The van der Waals surface area contributed by atoms with Crippen LogP contribution in [0.25, 0.3) is 0 Å². The third-order valence-electron chi connectivity index (χ3n) is 3.22. The number of nitrogens with zero attached hydrogens (tertiary/aromatic N) is 2. The van der Waals surface area contributed by atoms with Crippen molar-refractivity contribution in [2.24, 2.45) is 0 Å². The van der Waals surface area contributed by atoms with Crippen LogP contribution in [0.3, 0.4) is 0 Å². The van der Waals surface area contributed by atoms with Crippen LogP contribution in [-0.2, 0) is 9.57 Å². The molecule has 0 aliphatic carbocycles. The van der Waals surface area contributed by atoms with Crippen molar-refractivity contribution in [1.82, 2.24) is 9.96 Å². The molecule has 1 atom stereocenters. The Balaban J connectivity index is 1.79. The van der Waals surface area contributed by atoms with Crippen molar-refractivity contribution >= 4 is 6.09 Å². The first-order valence-corrected chi connectivity index (χ1v) is 7.48. The molecule has 1 aliphatic rings. The van der Waals surface area contributed by atoms with E-state index in [0.717, 1.165) is 0 Å². The summed E-state index contributed by atoms with van der Waals surface area (Å²) in [5, 5.41) is 11.7. The van der Waals surface area contributed by atoms with E-state index in [1.807, 2.05) is 51.1 Å². The molecule has 1 N–H and O–H groups in total. The van der Waals surface area contributed by atoms with E-state index in [1.165, 1.54) is 0 Å². The summed E-state index contributed by atoms with van der Waals surface area (Å²) < 4.78 is 5.34. The lowest BCUT2D eigenvalue weighted by atomic mass is 10.2. The van der Waals surface area contributed by atoms with Crippen LogP contribution in [0.1, 0.15) is 32.6 Å². The molecule has 0 bridgehead atoms. The Hall–Kier alpha value is -1.63. The minimum atomic E-state index is -0.991. The van der Waals surface area contributed by atoms with Gasteiger partial charge >= 0.3 is 6.09 Å². The zero-order chi connectivity index (χ0) is 16.2. The summed E-state index contributed by atoms with van der Waals surface area (Å²) in [6.45, 7) is 7.63. The Kier molecular flexibility index (Phi) is 5.39. The highest BCUT2D eigenvalue weighted by Gasteiger charge is 2.27. The maximum Gasteiger partial charge on any atom is 0.410 e. The van der Waals surface area contributed by atoms with Crippen LogP contribution in [-0.4, -0.2) is 52.9 Å². The number of rotatable bonds is 3. The fourth-order valence-electron chi connectivity index (χ4n) is 2.12. The van der Waals surface area contributed by atoms with Crippen LogP contribution < -0.4 is 0 Å². The molecule has 1 unspecified atom stereocenters. The Labute approximate surface area is 131 Å². The number of hydroxylamine groups is 2. The standard InChI is InChI=1S/C16H24N2O4/c1-16(2,3)21-15(20)17-9-11-18(12-10-17)22-14(19)13-7-5-4-6-8-13/h4-8,14,19H,9-12H2,1-3H3. The van der Waals surface area contributed by atoms with Gasteiger partial charge in [0.25, 0.3) is 0 Å². The quantitative estimate of drug-likeness (QED) is 0.867. The monoisotopic (exact) mass is 308 g/mol. The third kappa shape index (κ3) is 4.98. The number of ether oxygens (including phenoxy) is 1. The van der Waals surface area contributed by atoms with Crippen LogP contribution in [0.5, 0.6) is 0 Å². The zero-order valence-electron chi connectivity index (χ0n) is 13.4. The second-order valence-corrected chi connectivity index (χ2v) is 6.26. The van der Waals surface area contributed by atoms with Crippen LogP contribution in [0.2, 0.25) is 0 Å². The van der Waals surface area contributed by atoms with Gasteiger partial charge in [0, 0.05) is 31.7 Å². The van der Waals surface area contributed by atoms with E-state index in [2.05, 4.69) is 0 Å². The molecule has 0 radical (unpaired) electrons. The molecule has 1 aromatic rings. The van der Waals surface area contributed by atoms with Crippen LogP contribution in [0.15, 0.2) is 30.3 Å². The summed E-state index contributed by atoms with van der Waals surface area (Å²) in [6.07, 6.45) is -1.30. The van der Waals surface area contributed by atoms with E-state index in [4.69, 9.17) is 9.57 Å². The highest BCUT2D eigenvalue weighted by atomic mass is 16.8. The van der Waals surface area contributed by atoms with Gasteiger partial charge in [-0.3, -0.25) is 4.84 Å². The number of aliphatic hydroxyl groups excluding tert-OH is 1. The van der Waals surface area contributed by atoms with Crippen molar-refractivity contribution in [1.29, 1.82) is 0 Å². The Morgan fingerprint density at radius 1 is 1.14 bits per heavy atom. The topological polar surface area (TPSA) is 62.2 Å². The largest absolute Gasteiger partial charge is 0.444 e. The Bertz CT molecular complexity index is 479. The summed E-state index contributed by atoms with van der Waals surface area (Å²) >= 11 is 0. The summed E-state index contributed by atoms with van der Waals surface area (Å²) in [5.41, 5.74) is 0.214. The summed E-state index contributed by atoms with van der Waals surface area (Å²) in [7, 11) is 0. The minimum Gasteiger partial charge on any atom is -0.444 e. The van der Waals surface area contributed by atoms with E-state index >= 15 is 0 Å². The lowest BCUT2D eigenvalue weighted by Crippen LogP contribution is -2.50. The van der Waals surface area contributed by atoms with Crippen LogP contribution >= 0.6 is 0 Å². The lowest BCUT2D eigenvalue weighted by molar-refractivity contribution is -0.276. The molecule has 22 heavy (non-hydrogen) atoms.